The number of amidine groups is 1. The average Bonchev–Trinajstić information content (AvgIpc) is 2.86. The maximum atomic E-state index is 12.5. The number of hydrogen-bond donors (Lipinski definition) is 0. The minimum absolute atomic E-state index is 0.0749. The van der Waals surface area contributed by atoms with Crippen LogP contribution in [-0.2, 0) is 11.3 Å². The highest BCUT2D eigenvalue weighted by Crippen LogP contribution is 2.29. The van der Waals surface area contributed by atoms with Gasteiger partial charge in [-0.2, -0.15) is 5.10 Å². The quantitative estimate of drug-likeness (QED) is 0.540. The van der Waals surface area contributed by atoms with E-state index in [1.165, 1.54) is 11.8 Å². The molecule has 4 nitrogen and oxygen atoms in total. The predicted molar refractivity (Wildman–Crippen MR) is 108 cm³/mol. The van der Waals surface area contributed by atoms with Crippen molar-refractivity contribution in [1.29, 1.82) is 0 Å². The summed E-state index contributed by atoms with van der Waals surface area (Å²) in [4.78, 5) is 14.2. The zero-order valence-electron chi connectivity index (χ0n) is 14.0. The number of aryl methyl sites for hydroxylation is 1. The lowest BCUT2D eigenvalue weighted by molar-refractivity contribution is -0.126. The van der Waals surface area contributed by atoms with E-state index < -0.39 is 0 Å². The number of hydrogen-bond acceptors (Lipinski definition) is 4. The average molecular weight is 416 g/mol. The van der Waals surface area contributed by atoms with Gasteiger partial charge in [0.05, 0.1) is 18.0 Å². The second-order valence-corrected chi connectivity index (χ2v) is 8.01. The van der Waals surface area contributed by atoms with Gasteiger partial charge in [0, 0.05) is 4.47 Å². The normalized spacial score (nSPS) is 19.3. The number of halogens is 1. The van der Waals surface area contributed by atoms with E-state index in [0.717, 1.165) is 21.2 Å². The van der Waals surface area contributed by atoms with Crippen molar-refractivity contribution in [2.75, 3.05) is 0 Å². The van der Waals surface area contributed by atoms with Crippen molar-refractivity contribution in [1.82, 2.24) is 4.90 Å². The highest BCUT2D eigenvalue weighted by atomic mass is 79.9. The summed E-state index contributed by atoms with van der Waals surface area (Å²) in [6, 6.07) is 15.9. The van der Waals surface area contributed by atoms with E-state index in [-0.39, 0.29) is 11.2 Å². The van der Waals surface area contributed by atoms with E-state index in [1.54, 1.807) is 11.1 Å². The van der Waals surface area contributed by atoms with Gasteiger partial charge in [-0.15, -0.1) is 5.10 Å². The van der Waals surface area contributed by atoms with Crippen LogP contribution < -0.4 is 0 Å². The molecule has 1 atom stereocenters. The van der Waals surface area contributed by atoms with Crippen LogP contribution in [0.4, 0.5) is 0 Å². The van der Waals surface area contributed by atoms with Gasteiger partial charge >= 0.3 is 0 Å². The minimum Gasteiger partial charge on any atom is -0.284 e. The molecule has 0 N–H and O–H groups in total. The zero-order valence-corrected chi connectivity index (χ0v) is 16.4. The number of amides is 1. The van der Waals surface area contributed by atoms with E-state index >= 15 is 0 Å². The lowest BCUT2D eigenvalue weighted by atomic mass is 10.1. The van der Waals surface area contributed by atoms with Gasteiger partial charge in [0.2, 0.25) is 5.91 Å². The summed E-state index contributed by atoms with van der Waals surface area (Å²) in [5, 5.41) is 8.97. The number of carbonyl (C=O) groups is 1. The van der Waals surface area contributed by atoms with Crippen LogP contribution in [0.25, 0.3) is 0 Å². The Labute approximate surface area is 160 Å². The summed E-state index contributed by atoms with van der Waals surface area (Å²) in [6.07, 6.45) is 1.69. The topological polar surface area (TPSA) is 45.0 Å². The molecule has 2 aromatic carbocycles. The zero-order chi connectivity index (χ0) is 17.8. The van der Waals surface area contributed by atoms with Gasteiger partial charge in [0.25, 0.3) is 0 Å². The molecule has 0 saturated carbocycles. The summed E-state index contributed by atoms with van der Waals surface area (Å²) in [5.74, 6) is 0.0749. The molecule has 0 spiro atoms. The van der Waals surface area contributed by atoms with Gasteiger partial charge in [-0.25, -0.2) is 0 Å². The Bertz CT molecular complexity index is 833. The molecule has 1 amide bonds. The van der Waals surface area contributed by atoms with Crippen LogP contribution in [0.2, 0.25) is 0 Å². The van der Waals surface area contributed by atoms with Gasteiger partial charge in [-0.3, -0.25) is 9.69 Å². The fraction of sp³-hybridized carbons (Fsp3) is 0.211. The molecule has 0 unspecified atom stereocenters. The lowest BCUT2D eigenvalue weighted by Gasteiger charge is -2.16. The van der Waals surface area contributed by atoms with Crippen molar-refractivity contribution in [3.63, 3.8) is 0 Å². The molecule has 1 heterocycles. The number of benzene rings is 2. The molecular formula is C19H18BrN3OS. The Kier molecular flexibility index (Phi) is 5.71. The number of rotatable bonds is 4. The molecule has 0 aromatic heterocycles. The lowest BCUT2D eigenvalue weighted by Crippen LogP contribution is -2.31. The third-order valence-electron chi connectivity index (χ3n) is 3.94. The van der Waals surface area contributed by atoms with Crippen LogP contribution in [0.5, 0.6) is 0 Å². The molecule has 3 rings (SSSR count). The third-order valence-corrected chi connectivity index (χ3v) is 5.53. The van der Waals surface area contributed by atoms with Crippen molar-refractivity contribution in [3.05, 3.63) is 69.7 Å². The van der Waals surface area contributed by atoms with Crippen molar-refractivity contribution < 1.29 is 4.79 Å². The highest BCUT2D eigenvalue weighted by molar-refractivity contribution is 9.10. The molecule has 0 bridgehead atoms. The van der Waals surface area contributed by atoms with E-state index in [9.17, 15) is 4.79 Å². The molecule has 0 aliphatic carbocycles. The van der Waals surface area contributed by atoms with Gasteiger partial charge in [0.15, 0.2) is 5.17 Å². The first-order chi connectivity index (χ1) is 12.0. The van der Waals surface area contributed by atoms with E-state index in [1.807, 2.05) is 49.4 Å². The van der Waals surface area contributed by atoms with Gasteiger partial charge in [-0.05, 0) is 42.7 Å². The van der Waals surface area contributed by atoms with Crippen LogP contribution >= 0.6 is 27.7 Å². The SMILES string of the molecule is Cc1ccccc1CN1C(=O)[C@H](C)S/C1=N\N=C/c1ccc(Br)cc1. The summed E-state index contributed by atoms with van der Waals surface area (Å²) in [5.41, 5.74) is 3.24. The largest absolute Gasteiger partial charge is 0.284 e. The summed E-state index contributed by atoms with van der Waals surface area (Å²) >= 11 is 4.86. The fourth-order valence-corrected chi connectivity index (χ4v) is 3.65. The molecular weight excluding hydrogens is 398 g/mol. The first-order valence-corrected chi connectivity index (χ1v) is 9.61. The molecule has 1 aliphatic rings. The van der Waals surface area contributed by atoms with E-state index in [0.29, 0.717) is 11.7 Å². The first kappa shape index (κ1) is 17.9. The van der Waals surface area contributed by atoms with Crippen molar-refractivity contribution in [2.24, 2.45) is 10.2 Å². The summed E-state index contributed by atoms with van der Waals surface area (Å²) < 4.78 is 1.02. The first-order valence-electron chi connectivity index (χ1n) is 7.94. The van der Waals surface area contributed by atoms with E-state index in [4.69, 9.17) is 0 Å². The van der Waals surface area contributed by atoms with Crippen LogP contribution in [0.15, 0.2) is 63.2 Å². The predicted octanol–water partition coefficient (Wildman–Crippen LogP) is 4.61. The maximum Gasteiger partial charge on any atom is 0.242 e. The Balaban J connectivity index is 1.79. The molecule has 1 saturated heterocycles. The Morgan fingerprint density at radius 1 is 1.20 bits per heavy atom. The Morgan fingerprint density at radius 2 is 1.92 bits per heavy atom. The molecule has 25 heavy (non-hydrogen) atoms. The van der Waals surface area contributed by atoms with Crippen LogP contribution in [-0.4, -0.2) is 27.4 Å². The molecule has 0 radical (unpaired) electrons. The van der Waals surface area contributed by atoms with Crippen molar-refractivity contribution in [3.8, 4) is 0 Å². The van der Waals surface area contributed by atoms with Gasteiger partial charge in [-0.1, -0.05) is 64.1 Å². The van der Waals surface area contributed by atoms with Crippen molar-refractivity contribution in [2.45, 2.75) is 25.6 Å². The fourth-order valence-electron chi connectivity index (χ4n) is 2.46. The molecule has 6 heteroatoms. The van der Waals surface area contributed by atoms with Crippen LogP contribution in [0.1, 0.15) is 23.6 Å². The molecule has 1 fully saturated rings. The summed E-state index contributed by atoms with van der Waals surface area (Å²) in [7, 11) is 0. The Morgan fingerprint density at radius 3 is 2.64 bits per heavy atom. The summed E-state index contributed by atoms with van der Waals surface area (Å²) in [6.45, 7) is 4.48. The van der Waals surface area contributed by atoms with Crippen molar-refractivity contribution >= 4 is 45.0 Å². The van der Waals surface area contributed by atoms with Crippen LogP contribution in [0, 0.1) is 6.92 Å². The number of nitrogens with zero attached hydrogens (tertiary/aromatic N) is 3. The molecule has 128 valence electrons. The minimum atomic E-state index is -0.134. The third kappa shape index (κ3) is 4.38. The van der Waals surface area contributed by atoms with E-state index in [2.05, 4.69) is 39.1 Å². The molecule has 2 aromatic rings. The second-order valence-electron chi connectivity index (χ2n) is 5.79. The maximum absolute atomic E-state index is 12.5. The monoisotopic (exact) mass is 415 g/mol. The molecule has 1 aliphatic heterocycles. The van der Waals surface area contributed by atoms with Gasteiger partial charge in [0.1, 0.15) is 0 Å². The standard InChI is InChI=1S/C19H18BrN3OS/c1-13-5-3-4-6-16(13)12-23-18(24)14(2)25-19(23)22-21-11-15-7-9-17(20)10-8-15/h3-11,14H,12H2,1-2H3/b21-11-,22-19-/t14-/m0/s1. The highest BCUT2D eigenvalue weighted by Gasteiger charge is 2.35. The number of carbonyl (C=O) groups excluding carboxylic acids is 1. The number of thioether (sulfide) groups is 1. The van der Waals surface area contributed by atoms with Crippen LogP contribution in [0.3, 0.4) is 0 Å². The Hall–Kier alpha value is -1.92. The smallest absolute Gasteiger partial charge is 0.242 e. The second kappa shape index (κ2) is 7.97. The van der Waals surface area contributed by atoms with Gasteiger partial charge < -0.3 is 0 Å².